The fourth-order valence-corrected chi connectivity index (χ4v) is 6.35. The molecule has 0 bridgehead atoms. The Balaban J connectivity index is 1.50. The molecule has 0 radical (unpaired) electrons. The lowest BCUT2D eigenvalue weighted by atomic mass is 10.0. The summed E-state index contributed by atoms with van der Waals surface area (Å²) in [4.78, 5) is 6.27. The van der Waals surface area contributed by atoms with Crippen molar-refractivity contribution < 1.29 is 8.42 Å². The van der Waals surface area contributed by atoms with Gasteiger partial charge in [0.2, 0.25) is 22.2 Å². The number of anilines is 1. The van der Waals surface area contributed by atoms with Gasteiger partial charge in [-0.25, -0.2) is 8.42 Å². The number of benzene rings is 4. The molecule has 0 aromatic heterocycles. The van der Waals surface area contributed by atoms with Crippen LogP contribution in [0.3, 0.4) is 0 Å². The van der Waals surface area contributed by atoms with Crippen LogP contribution in [0.25, 0.3) is 10.8 Å². The Hall–Kier alpha value is -4.19. The molecule has 1 saturated heterocycles. The molecule has 4 aromatic carbocycles. The first-order valence-corrected chi connectivity index (χ1v) is 13.5. The third-order valence-corrected chi connectivity index (χ3v) is 8.59. The van der Waals surface area contributed by atoms with Crippen molar-refractivity contribution >= 4 is 32.4 Å². The lowest BCUT2D eigenvalue weighted by molar-refractivity contribution is 0.194. The molecule has 7 nitrogen and oxygen atoms in total. The van der Waals surface area contributed by atoms with E-state index in [2.05, 4.69) is 10.3 Å². The molecule has 1 unspecified atom stereocenters. The van der Waals surface area contributed by atoms with Crippen molar-refractivity contribution in [3.63, 3.8) is 0 Å². The molecule has 0 aliphatic carbocycles. The minimum absolute atomic E-state index is 0.245. The largest absolute Gasteiger partial charge is 0.339 e. The number of hydrogen-bond donors (Lipinski definition) is 1. The van der Waals surface area contributed by atoms with Crippen molar-refractivity contribution in [3.8, 4) is 6.19 Å². The van der Waals surface area contributed by atoms with Gasteiger partial charge in [0.25, 0.3) is 0 Å². The summed E-state index contributed by atoms with van der Waals surface area (Å²) in [6, 6.07) is 29.9. The number of aryl methyl sites for hydroxylation is 1. The number of nitrogens with one attached hydrogen (secondary N) is 1. The molecule has 1 aliphatic heterocycles. The number of sulfonamides is 1. The van der Waals surface area contributed by atoms with Crippen LogP contribution < -0.4 is 5.32 Å². The molecular formula is C29H27N5O2S. The lowest BCUT2D eigenvalue weighted by Crippen LogP contribution is -2.53. The van der Waals surface area contributed by atoms with E-state index in [0.29, 0.717) is 19.0 Å². The normalized spacial score (nSPS) is 16.9. The minimum Gasteiger partial charge on any atom is -0.339 e. The van der Waals surface area contributed by atoms with Crippen molar-refractivity contribution in [3.05, 3.63) is 108 Å². The van der Waals surface area contributed by atoms with E-state index in [-0.39, 0.29) is 11.4 Å². The number of nitrogens with zero attached hydrogens (tertiary/aromatic N) is 4. The summed E-state index contributed by atoms with van der Waals surface area (Å²) in [5.41, 5.74) is 2.74. The second-order valence-electron chi connectivity index (χ2n) is 8.97. The van der Waals surface area contributed by atoms with Crippen LogP contribution in [0.1, 0.15) is 17.2 Å². The Kier molecular flexibility index (Phi) is 6.91. The predicted molar refractivity (Wildman–Crippen MR) is 146 cm³/mol. The van der Waals surface area contributed by atoms with Crippen LogP contribution in [0.5, 0.6) is 0 Å². The molecule has 0 amide bonds. The molecule has 186 valence electrons. The highest BCUT2D eigenvalue weighted by molar-refractivity contribution is 7.89. The number of nitriles is 1. The first-order valence-electron chi connectivity index (χ1n) is 12.1. The van der Waals surface area contributed by atoms with Crippen LogP contribution in [-0.4, -0.2) is 43.2 Å². The van der Waals surface area contributed by atoms with E-state index in [1.165, 1.54) is 0 Å². The Labute approximate surface area is 217 Å². The van der Waals surface area contributed by atoms with E-state index < -0.39 is 16.1 Å². The summed E-state index contributed by atoms with van der Waals surface area (Å²) in [5, 5.41) is 14.6. The molecule has 8 heteroatoms. The van der Waals surface area contributed by atoms with Gasteiger partial charge in [-0.05, 0) is 47.0 Å². The predicted octanol–water partition coefficient (Wildman–Crippen LogP) is 5.15. The third kappa shape index (κ3) is 5.05. The van der Waals surface area contributed by atoms with Crippen molar-refractivity contribution in [2.24, 2.45) is 4.99 Å². The summed E-state index contributed by atoms with van der Waals surface area (Å²) < 4.78 is 29.5. The molecule has 4 aromatic rings. The fraction of sp³-hybridized carbons (Fsp3) is 0.172. The van der Waals surface area contributed by atoms with Gasteiger partial charge in [0.1, 0.15) is 0 Å². The Bertz CT molecular complexity index is 1600. The first-order chi connectivity index (χ1) is 18.0. The molecule has 5 rings (SSSR count). The van der Waals surface area contributed by atoms with Crippen molar-refractivity contribution in [1.82, 2.24) is 9.21 Å². The number of para-hydroxylation sites is 1. The summed E-state index contributed by atoms with van der Waals surface area (Å²) in [6.45, 7) is 2.95. The van der Waals surface area contributed by atoms with E-state index in [0.717, 1.165) is 27.6 Å². The second kappa shape index (κ2) is 10.4. The van der Waals surface area contributed by atoms with E-state index >= 15 is 0 Å². The van der Waals surface area contributed by atoms with Crippen LogP contribution >= 0.6 is 0 Å². The summed E-state index contributed by atoms with van der Waals surface area (Å²) in [7, 11) is -3.80. The van der Waals surface area contributed by atoms with Gasteiger partial charge in [-0.2, -0.15) is 9.57 Å². The molecule has 1 fully saturated rings. The van der Waals surface area contributed by atoms with Crippen molar-refractivity contribution in [2.45, 2.75) is 17.9 Å². The maximum absolute atomic E-state index is 14.0. The highest BCUT2D eigenvalue weighted by Gasteiger charge is 2.38. The molecule has 0 saturated carbocycles. The standard InChI is InChI=1S/C29H27N5O2S/c1-22-9-5-8-14-27(22)32-29(31-21-30)33-17-18-34(28(20-33)24-11-3-2-4-12-24)37(35,36)26-16-15-23-10-6-7-13-25(23)19-26/h2-16,19,28H,17-18,20H2,1H3,(H,31,32). The number of piperazine rings is 1. The van der Waals surface area contributed by atoms with Gasteiger partial charge in [0.15, 0.2) is 0 Å². The Morgan fingerprint density at radius 1 is 0.919 bits per heavy atom. The number of aliphatic imine (C=N–C) groups is 1. The quantitative estimate of drug-likeness (QED) is 0.234. The summed E-state index contributed by atoms with van der Waals surface area (Å²) in [6.07, 6.45) is 1.90. The molecule has 1 atom stereocenters. The zero-order chi connectivity index (χ0) is 25.8. The summed E-state index contributed by atoms with van der Waals surface area (Å²) in [5.74, 6) is 0.403. The SMILES string of the molecule is Cc1ccccc1N/C(=N/C#N)N1CCN(S(=O)(=O)c2ccc3ccccc3c2)C(c2ccccc2)C1. The zero-order valence-electron chi connectivity index (χ0n) is 20.4. The summed E-state index contributed by atoms with van der Waals surface area (Å²) >= 11 is 0. The van der Waals surface area contributed by atoms with Gasteiger partial charge < -0.3 is 10.2 Å². The topological polar surface area (TPSA) is 88.8 Å². The molecule has 1 aliphatic rings. The van der Waals surface area contributed by atoms with Crippen LogP contribution in [-0.2, 0) is 10.0 Å². The molecule has 37 heavy (non-hydrogen) atoms. The lowest BCUT2D eigenvalue weighted by Gasteiger charge is -2.41. The van der Waals surface area contributed by atoms with Crippen molar-refractivity contribution in [2.75, 3.05) is 25.0 Å². The van der Waals surface area contributed by atoms with Gasteiger partial charge in [-0.3, -0.25) is 0 Å². The van der Waals surface area contributed by atoms with E-state index in [9.17, 15) is 13.7 Å². The molecule has 1 heterocycles. The average molecular weight is 510 g/mol. The fourth-order valence-electron chi connectivity index (χ4n) is 4.72. The number of guanidine groups is 1. The van der Waals surface area contributed by atoms with Gasteiger partial charge >= 0.3 is 0 Å². The maximum atomic E-state index is 14.0. The highest BCUT2D eigenvalue weighted by atomic mass is 32.2. The van der Waals surface area contributed by atoms with Crippen LogP contribution in [0.2, 0.25) is 0 Å². The van der Waals surface area contributed by atoms with Gasteiger partial charge in [-0.15, -0.1) is 4.99 Å². The van der Waals surface area contributed by atoms with E-state index in [4.69, 9.17) is 0 Å². The maximum Gasteiger partial charge on any atom is 0.243 e. The average Bonchev–Trinajstić information content (AvgIpc) is 2.94. The molecule has 0 spiro atoms. The Morgan fingerprint density at radius 2 is 1.62 bits per heavy atom. The molecular weight excluding hydrogens is 482 g/mol. The van der Waals surface area contributed by atoms with Crippen molar-refractivity contribution in [1.29, 1.82) is 5.26 Å². The third-order valence-electron chi connectivity index (χ3n) is 6.69. The van der Waals surface area contributed by atoms with Gasteiger partial charge in [-0.1, -0.05) is 78.9 Å². The monoisotopic (exact) mass is 509 g/mol. The van der Waals surface area contributed by atoms with Crippen LogP contribution in [0, 0.1) is 18.4 Å². The van der Waals surface area contributed by atoms with Gasteiger partial charge in [0, 0.05) is 25.3 Å². The van der Waals surface area contributed by atoms with Gasteiger partial charge in [0.05, 0.1) is 10.9 Å². The second-order valence-corrected chi connectivity index (χ2v) is 10.9. The van der Waals surface area contributed by atoms with Crippen LogP contribution in [0.15, 0.2) is 107 Å². The zero-order valence-corrected chi connectivity index (χ0v) is 21.3. The minimum atomic E-state index is -3.80. The number of rotatable bonds is 4. The smallest absolute Gasteiger partial charge is 0.243 e. The van der Waals surface area contributed by atoms with E-state index in [1.807, 2.05) is 103 Å². The number of hydrogen-bond acceptors (Lipinski definition) is 4. The Morgan fingerprint density at radius 3 is 2.38 bits per heavy atom. The first kappa shape index (κ1) is 24.5. The van der Waals surface area contributed by atoms with E-state index in [1.54, 1.807) is 16.4 Å². The molecule has 1 N–H and O–H groups in total. The van der Waals surface area contributed by atoms with Crippen LogP contribution in [0.4, 0.5) is 5.69 Å². The number of fused-ring (bicyclic) bond motifs is 1. The highest BCUT2D eigenvalue weighted by Crippen LogP contribution is 2.32.